The van der Waals surface area contributed by atoms with Crippen LogP contribution in [0, 0.1) is 0 Å². The van der Waals surface area contributed by atoms with Crippen LogP contribution in [0.5, 0.6) is 0 Å². The Bertz CT molecular complexity index is 316. The van der Waals surface area contributed by atoms with Crippen molar-refractivity contribution in [3.63, 3.8) is 0 Å². The number of likely N-dealkylation sites (N-methyl/N-ethyl adjacent to an activating group) is 1. The molecule has 0 saturated carbocycles. The van der Waals surface area contributed by atoms with E-state index in [2.05, 4.69) is 0 Å². The van der Waals surface area contributed by atoms with Crippen molar-refractivity contribution in [2.75, 3.05) is 20.1 Å². The van der Waals surface area contributed by atoms with Gasteiger partial charge in [-0.3, -0.25) is 9.59 Å². The van der Waals surface area contributed by atoms with Gasteiger partial charge in [0.1, 0.15) is 6.04 Å². The molecule has 1 aliphatic rings. The molecule has 0 unspecified atom stereocenters. The highest BCUT2D eigenvalue weighted by molar-refractivity contribution is 5.87. The number of hydrogen-bond donors (Lipinski definition) is 1. The van der Waals surface area contributed by atoms with Crippen molar-refractivity contribution in [3.05, 3.63) is 0 Å². The average molecular weight is 228 g/mol. The monoisotopic (exact) mass is 228 g/mol. The van der Waals surface area contributed by atoms with Gasteiger partial charge in [-0.1, -0.05) is 0 Å². The number of aliphatic carboxylic acids is 1. The highest BCUT2D eigenvalue weighted by atomic mass is 16.4. The Labute approximate surface area is 93.8 Å². The fraction of sp³-hybridized carbons (Fsp3) is 0.700. The standard InChI is InChI=1S/C10H16N2O4/c1-7(13)11(2)6-9(14)12-5-3-4-8(12)10(15)16/h8H,3-6H2,1-2H3,(H,15,16)/t8-/m1/s1. The number of hydrogen-bond acceptors (Lipinski definition) is 3. The van der Waals surface area contributed by atoms with Gasteiger partial charge < -0.3 is 14.9 Å². The summed E-state index contributed by atoms with van der Waals surface area (Å²) in [6, 6.07) is -0.729. The second-order valence-corrected chi connectivity index (χ2v) is 3.96. The predicted octanol–water partition coefficient (Wildman–Crippen LogP) is -0.460. The first-order valence-corrected chi connectivity index (χ1v) is 5.17. The quantitative estimate of drug-likeness (QED) is 0.709. The molecule has 1 rings (SSSR count). The number of carbonyl (C=O) groups excluding carboxylic acids is 2. The Hall–Kier alpha value is -1.59. The Morgan fingerprint density at radius 3 is 2.56 bits per heavy atom. The predicted molar refractivity (Wildman–Crippen MR) is 55.7 cm³/mol. The second-order valence-electron chi connectivity index (χ2n) is 3.96. The van der Waals surface area contributed by atoms with Crippen LogP contribution in [0.15, 0.2) is 0 Å². The zero-order valence-corrected chi connectivity index (χ0v) is 9.47. The van der Waals surface area contributed by atoms with Crippen LogP contribution in [0.2, 0.25) is 0 Å². The van der Waals surface area contributed by atoms with Gasteiger partial charge in [-0.05, 0) is 12.8 Å². The summed E-state index contributed by atoms with van der Waals surface area (Å²) >= 11 is 0. The first-order valence-electron chi connectivity index (χ1n) is 5.17. The highest BCUT2D eigenvalue weighted by Crippen LogP contribution is 2.17. The van der Waals surface area contributed by atoms with Crippen molar-refractivity contribution in [3.8, 4) is 0 Å². The number of carboxylic acids is 1. The van der Waals surface area contributed by atoms with E-state index in [-0.39, 0.29) is 18.4 Å². The van der Waals surface area contributed by atoms with Crippen LogP contribution in [0.3, 0.4) is 0 Å². The van der Waals surface area contributed by atoms with Gasteiger partial charge in [0.2, 0.25) is 11.8 Å². The molecule has 1 N–H and O–H groups in total. The molecule has 1 heterocycles. The summed E-state index contributed by atoms with van der Waals surface area (Å²) in [5.74, 6) is -1.49. The van der Waals surface area contributed by atoms with E-state index in [4.69, 9.17) is 5.11 Å². The molecule has 0 aromatic rings. The third-order valence-electron chi connectivity index (χ3n) is 2.77. The molecule has 1 atom stereocenters. The normalized spacial score (nSPS) is 19.6. The molecule has 0 aromatic heterocycles. The van der Waals surface area contributed by atoms with Gasteiger partial charge in [0.25, 0.3) is 0 Å². The summed E-state index contributed by atoms with van der Waals surface area (Å²) in [6.45, 7) is 1.77. The number of rotatable bonds is 3. The molecule has 6 nitrogen and oxygen atoms in total. The van der Waals surface area contributed by atoms with E-state index in [1.54, 1.807) is 0 Å². The van der Waals surface area contributed by atoms with Crippen molar-refractivity contribution in [2.45, 2.75) is 25.8 Å². The Kier molecular flexibility index (Phi) is 3.87. The topological polar surface area (TPSA) is 77.9 Å². The van der Waals surface area contributed by atoms with Crippen LogP contribution < -0.4 is 0 Å². The lowest BCUT2D eigenvalue weighted by atomic mass is 10.2. The lowest BCUT2D eigenvalue weighted by Crippen LogP contribution is -2.45. The minimum Gasteiger partial charge on any atom is -0.480 e. The average Bonchev–Trinajstić information content (AvgIpc) is 2.65. The molecule has 1 saturated heterocycles. The molecule has 16 heavy (non-hydrogen) atoms. The fourth-order valence-corrected chi connectivity index (χ4v) is 1.73. The zero-order chi connectivity index (χ0) is 12.3. The smallest absolute Gasteiger partial charge is 0.326 e. The zero-order valence-electron chi connectivity index (χ0n) is 9.47. The van der Waals surface area contributed by atoms with Crippen LogP contribution in [0.25, 0.3) is 0 Å². The Morgan fingerprint density at radius 2 is 2.06 bits per heavy atom. The minimum absolute atomic E-state index is 0.0564. The molecule has 90 valence electrons. The summed E-state index contributed by atoms with van der Waals surface area (Å²) in [5, 5.41) is 8.90. The summed E-state index contributed by atoms with van der Waals surface area (Å²) in [4.78, 5) is 36.2. The SMILES string of the molecule is CC(=O)N(C)CC(=O)N1CCC[C@@H]1C(=O)O. The summed E-state index contributed by atoms with van der Waals surface area (Å²) < 4.78 is 0. The van der Waals surface area contributed by atoms with Crippen molar-refractivity contribution in [2.24, 2.45) is 0 Å². The number of nitrogens with zero attached hydrogens (tertiary/aromatic N) is 2. The third kappa shape index (κ3) is 2.71. The van der Waals surface area contributed by atoms with Gasteiger partial charge in [0, 0.05) is 20.5 Å². The number of carboxylic acid groups (broad SMARTS) is 1. The third-order valence-corrected chi connectivity index (χ3v) is 2.77. The first kappa shape index (κ1) is 12.5. The minimum atomic E-state index is -0.976. The molecule has 0 aliphatic carbocycles. The molecule has 0 bridgehead atoms. The molecule has 2 amide bonds. The molecular weight excluding hydrogens is 212 g/mol. The van der Waals surface area contributed by atoms with Crippen LogP contribution in [0.4, 0.5) is 0 Å². The van der Waals surface area contributed by atoms with E-state index in [1.165, 1.54) is 23.8 Å². The molecule has 6 heteroatoms. The highest BCUT2D eigenvalue weighted by Gasteiger charge is 2.34. The van der Waals surface area contributed by atoms with Crippen LogP contribution >= 0.6 is 0 Å². The van der Waals surface area contributed by atoms with Crippen LogP contribution in [0.1, 0.15) is 19.8 Å². The molecule has 0 radical (unpaired) electrons. The lowest BCUT2D eigenvalue weighted by molar-refractivity contribution is -0.149. The maximum absolute atomic E-state index is 11.7. The van der Waals surface area contributed by atoms with Crippen molar-refractivity contribution < 1.29 is 19.5 Å². The van der Waals surface area contributed by atoms with Gasteiger partial charge in [0.15, 0.2) is 0 Å². The van der Waals surface area contributed by atoms with E-state index < -0.39 is 12.0 Å². The Morgan fingerprint density at radius 1 is 1.44 bits per heavy atom. The largest absolute Gasteiger partial charge is 0.480 e. The fourth-order valence-electron chi connectivity index (χ4n) is 1.73. The number of amides is 2. The summed E-state index contributed by atoms with van der Waals surface area (Å²) in [7, 11) is 1.52. The van der Waals surface area contributed by atoms with Crippen LogP contribution in [-0.2, 0) is 14.4 Å². The van der Waals surface area contributed by atoms with Crippen molar-refractivity contribution in [1.29, 1.82) is 0 Å². The van der Waals surface area contributed by atoms with Gasteiger partial charge in [-0.25, -0.2) is 4.79 Å². The van der Waals surface area contributed by atoms with Gasteiger partial charge >= 0.3 is 5.97 Å². The van der Waals surface area contributed by atoms with Crippen LogP contribution in [-0.4, -0.2) is 58.9 Å². The van der Waals surface area contributed by atoms with E-state index >= 15 is 0 Å². The number of likely N-dealkylation sites (tertiary alicyclic amines) is 1. The first-order chi connectivity index (χ1) is 7.43. The molecular formula is C10H16N2O4. The second kappa shape index (κ2) is 4.96. The maximum atomic E-state index is 11.7. The van der Waals surface area contributed by atoms with Gasteiger partial charge in [-0.15, -0.1) is 0 Å². The van der Waals surface area contributed by atoms with E-state index in [0.717, 1.165) is 0 Å². The van der Waals surface area contributed by atoms with E-state index in [1.807, 2.05) is 0 Å². The lowest BCUT2D eigenvalue weighted by Gasteiger charge is -2.24. The van der Waals surface area contributed by atoms with Gasteiger partial charge in [-0.2, -0.15) is 0 Å². The van der Waals surface area contributed by atoms with Gasteiger partial charge in [0.05, 0.1) is 6.54 Å². The Balaban J connectivity index is 2.60. The maximum Gasteiger partial charge on any atom is 0.326 e. The molecule has 1 fully saturated rings. The summed E-state index contributed by atoms with van der Waals surface area (Å²) in [6.07, 6.45) is 1.19. The van der Waals surface area contributed by atoms with E-state index in [0.29, 0.717) is 19.4 Å². The van der Waals surface area contributed by atoms with Crippen molar-refractivity contribution in [1.82, 2.24) is 9.80 Å². The summed E-state index contributed by atoms with van der Waals surface area (Å²) in [5.41, 5.74) is 0. The molecule has 0 spiro atoms. The number of carbonyl (C=O) groups is 3. The molecule has 0 aromatic carbocycles. The molecule has 1 aliphatic heterocycles. The van der Waals surface area contributed by atoms with Crippen molar-refractivity contribution >= 4 is 17.8 Å². The van der Waals surface area contributed by atoms with E-state index in [9.17, 15) is 14.4 Å².